The zero-order valence-corrected chi connectivity index (χ0v) is 17.9. The van der Waals surface area contributed by atoms with E-state index in [2.05, 4.69) is 20.4 Å². The van der Waals surface area contributed by atoms with E-state index >= 15 is 0 Å². The first-order chi connectivity index (χ1) is 14.3. The predicted octanol–water partition coefficient (Wildman–Crippen LogP) is 5.93. The van der Waals surface area contributed by atoms with Crippen molar-refractivity contribution in [1.82, 2.24) is 15.1 Å². The molecule has 0 radical (unpaired) electrons. The number of halogens is 1. The van der Waals surface area contributed by atoms with Crippen LogP contribution in [0.25, 0.3) is 22.4 Å². The number of aromatic nitrogens is 3. The van der Waals surface area contributed by atoms with Crippen LogP contribution in [0.15, 0.2) is 47.0 Å². The van der Waals surface area contributed by atoms with Crippen molar-refractivity contribution in [2.45, 2.75) is 33.6 Å². The lowest BCUT2D eigenvalue weighted by atomic mass is 10.1. The molecule has 0 atom stereocenters. The van der Waals surface area contributed by atoms with Crippen molar-refractivity contribution in [3.8, 4) is 11.5 Å². The van der Waals surface area contributed by atoms with E-state index in [1.54, 1.807) is 18.2 Å². The second-order valence-electron chi connectivity index (χ2n) is 7.52. The third-order valence-corrected chi connectivity index (χ3v) is 5.15. The zero-order valence-electron chi connectivity index (χ0n) is 17.2. The van der Waals surface area contributed by atoms with Crippen molar-refractivity contribution in [3.05, 3.63) is 70.1 Å². The number of nitrogens with one attached hydrogen (secondary N) is 1. The standard InChI is InChI=1S/C23H21ClN4O2/c1-12(2)21-27-23(30-28-21)17-7-5-6-13(3)20(17)26-22(29)18-11-15-10-16(24)8-9-19(15)25-14(18)4/h5-12H,1-4H3,(H,26,29). The molecule has 2 heterocycles. The summed E-state index contributed by atoms with van der Waals surface area (Å²) in [6.07, 6.45) is 0. The molecule has 4 aromatic rings. The highest BCUT2D eigenvalue weighted by Gasteiger charge is 2.19. The Bertz CT molecular complexity index is 1260. The number of para-hydroxylation sites is 1. The molecular formula is C23H21ClN4O2. The van der Waals surface area contributed by atoms with Gasteiger partial charge in [0.05, 0.1) is 28.0 Å². The molecule has 30 heavy (non-hydrogen) atoms. The largest absolute Gasteiger partial charge is 0.334 e. The molecular weight excluding hydrogens is 400 g/mol. The molecule has 0 bridgehead atoms. The monoisotopic (exact) mass is 420 g/mol. The van der Waals surface area contributed by atoms with Crippen molar-refractivity contribution < 1.29 is 9.32 Å². The van der Waals surface area contributed by atoms with Crippen LogP contribution in [-0.2, 0) is 0 Å². The topological polar surface area (TPSA) is 80.9 Å². The van der Waals surface area contributed by atoms with E-state index in [0.717, 1.165) is 16.5 Å². The average molecular weight is 421 g/mol. The quantitative estimate of drug-likeness (QED) is 0.442. The Morgan fingerprint density at radius 3 is 2.63 bits per heavy atom. The molecule has 0 aliphatic carbocycles. The molecule has 152 valence electrons. The molecule has 0 aliphatic rings. The summed E-state index contributed by atoms with van der Waals surface area (Å²) < 4.78 is 5.45. The summed E-state index contributed by atoms with van der Waals surface area (Å²) in [7, 11) is 0. The molecule has 0 aliphatic heterocycles. The zero-order chi connectivity index (χ0) is 21.4. The number of carbonyl (C=O) groups is 1. The lowest BCUT2D eigenvalue weighted by Gasteiger charge is -2.13. The number of hydrogen-bond acceptors (Lipinski definition) is 5. The van der Waals surface area contributed by atoms with Crippen LogP contribution in [0.3, 0.4) is 0 Å². The van der Waals surface area contributed by atoms with Crippen molar-refractivity contribution in [2.24, 2.45) is 0 Å². The Kier molecular flexibility index (Phi) is 5.26. The first kappa shape index (κ1) is 20.0. The lowest BCUT2D eigenvalue weighted by Crippen LogP contribution is -2.15. The molecule has 0 fully saturated rings. The lowest BCUT2D eigenvalue weighted by molar-refractivity contribution is 0.102. The van der Waals surface area contributed by atoms with E-state index in [1.165, 1.54) is 0 Å². The normalized spacial score (nSPS) is 11.3. The van der Waals surface area contributed by atoms with Gasteiger partial charge in [0.2, 0.25) is 0 Å². The number of benzene rings is 2. The van der Waals surface area contributed by atoms with Crippen LogP contribution in [-0.4, -0.2) is 21.0 Å². The maximum atomic E-state index is 13.2. The van der Waals surface area contributed by atoms with Gasteiger partial charge in [0.25, 0.3) is 11.8 Å². The SMILES string of the molecule is Cc1cccc(-c2nc(C(C)C)no2)c1NC(=O)c1cc2cc(Cl)ccc2nc1C. The number of pyridine rings is 1. The summed E-state index contributed by atoms with van der Waals surface area (Å²) in [4.78, 5) is 22.2. The fourth-order valence-electron chi connectivity index (χ4n) is 3.25. The molecule has 2 aromatic carbocycles. The van der Waals surface area contributed by atoms with Crippen LogP contribution in [0, 0.1) is 13.8 Å². The van der Waals surface area contributed by atoms with Gasteiger partial charge in [-0.05, 0) is 49.7 Å². The number of amides is 1. The van der Waals surface area contributed by atoms with E-state index in [4.69, 9.17) is 16.1 Å². The van der Waals surface area contributed by atoms with Crippen molar-refractivity contribution in [1.29, 1.82) is 0 Å². The van der Waals surface area contributed by atoms with Crippen molar-refractivity contribution in [2.75, 3.05) is 5.32 Å². The first-order valence-electron chi connectivity index (χ1n) is 9.65. The smallest absolute Gasteiger partial charge is 0.260 e. The number of nitrogens with zero attached hydrogens (tertiary/aromatic N) is 3. The minimum absolute atomic E-state index is 0.142. The summed E-state index contributed by atoms with van der Waals surface area (Å²) in [5.74, 6) is 0.873. The molecule has 6 nitrogen and oxygen atoms in total. The van der Waals surface area contributed by atoms with Gasteiger partial charge in [-0.15, -0.1) is 0 Å². The maximum absolute atomic E-state index is 13.2. The number of carbonyl (C=O) groups excluding carboxylic acids is 1. The van der Waals surface area contributed by atoms with Gasteiger partial charge in [0, 0.05) is 16.3 Å². The fourth-order valence-corrected chi connectivity index (χ4v) is 3.43. The molecule has 0 saturated heterocycles. The number of hydrogen-bond donors (Lipinski definition) is 1. The first-order valence-corrected chi connectivity index (χ1v) is 10.0. The van der Waals surface area contributed by atoms with Gasteiger partial charge in [-0.1, -0.05) is 42.7 Å². The third-order valence-electron chi connectivity index (χ3n) is 4.91. The Morgan fingerprint density at radius 1 is 1.10 bits per heavy atom. The second kappa shape index (κ2) is 7.88. The van der Waals surface area contributed by atoms with Crippen molar-refractivity contribution in [3.63, 3.8) is 0 Å². The summed E-state index contributed by atoms with van der Waals surface area (Å²) in [6.45, 7) is 7.73. The van der Waals surface area contributed by atoms with E-state index in [0.29, 0.717) is 39.2 Å². The summed E-state index contributed by atoms with van der Waals surface area (Å²) >= 11 is 6.10. The van der Waals surface area contributed by atoms with Gasteiger partial charge in [-0.2, -0.15) is 4.98 Å². The molecule has 7 heteroatoms. The van der Waals surface area contributed by atoms with Crippen LogP contribution >= 0.6 is 11.6 Å². The maximum Gasteiger partial charge on any atom is 0.260 e. The molecule has 0 saturated carbocycles. The Hall–Kier alpha value is -3.25. The van der Waals surface area contributed by atoms with E-state index in [1.807, 2.05) is 52.0 Å². The van der Waals surface area contributed by atoms with E-state index in [-0.39, 0.29) is 11.8 Å². The minimum Gasteiger partial charge on any atom is -0.334 e. The second-order valence-corrected chi connectivity index (χ2v) is 7.96. The summed E-state index contributed by atoms with van der Waals surface area (Å²) in [5.41, 5.74) is 4.10. The molecule has 2 aromatic heterocycles. The Morgan fingerprint density at radius 2 is 1.90 bits per heavy atom. The summed E-state index contributed by atoms with van der Waals surface area (Å²) in [5, 5.41) is 8.45. The number of anilines is 1. The predicted molar refractivity (Wildman–Crippen MR) is 118 cm³/mol. The van der Waals surface area contributed by atoms with Gasteiger partial charge in [0.15, 0.2) is 5.82 Å². The summed E-state index contributed by atoms with van der Waals surface area (Å²) in [6, 6.07) is 12.9. The molecule has 1 N–H and O–H groups in total. The van der Waals surface area contributed by atoms with Gasteiger partial charge in [0.1, 0.15) is 0 Å². The average Bonchev–Trinajstić information content (AvgIpc) is 3.19. The Labute approximate surface area is 179 Å². The number of aryl methyl sites for hydroxylation is 2. The molecule has 0 spiro atoms. The van der Waals surface area contributed by atoms with Gasteiger partial charge in [-0.3, -0.25) is 9.78 Å². The Balaban J connectivity index is 1.73. The van der Waals surface area contributed by atoms with E-state index < -0.39 is 0 Å². The van der Waals surface area contributed by atoms with Crippen LogP contribution in [0.1, 0.15) is 47.2 Å². The van der Waals surface area contributed by atoms with Crippen LogP contribution < -0.4 is 5.32 Å². The van der Waals surface area contributed by atoms with Crippen LogP contribution in [0.4, 0.5) is 5.69 Å². The van der Waals surface area contributed by atoms with Crippen LogP contribution in [0.2, 0.25) is 5.02 Å². The van der Waals surface area contributed by atoms with Gasteiger partial charge in [-0.25, -0.2) is 0 Å². The van der Waals surface area contributed by atoms with E-state index in [9.17, 15) is 4.79 Å². The van der Waals surface area contributed by atoms with Gasteiger partial charge >= 0.3 is 0 Å². The highest BCUT2D eigenvalue weighted by atomic mass is 35.5. The van der Waals surface area contributed by atoms with Crippen molar-refractivity contribution >= 4 is 34.1 Å². The molecule has 1 amide bonds. The highest BCUT2D eigenvalue weighted by Crippen LogP contribution is 2.31. The highest BCUT2D eigenvalue weighted by molar-refractivity contribution is 6.31. The van der Waals surface area contributed by atoms with Gasteiger partial charge < -0.3 is 9.84 Å². The van der Waals surface area contributed by atoms with Crippen LogP contribution in [0.5, 0.6) is 0 Å². The third kappa shape index (κ3) is 3.78. The molecule has 4 rings (SSSR count). The fraction of sp³-hybridized carbons (Fsp3) is 0.217. The molecule has 0 unspecified atom stereocenters. The number of rotatable bonds is 4. The number of fused-ring (bicyclic) bond motifs is 1. The minimum atomic E-state index is -0.263.